The predicted octanol–water partition coefficient (Wildman–Crippen LogP) is 3.25. The molecule has 2 aromatic heterocycles. The molecule has 1 aliphatic rings. The first-order valence-electron chi connectivity index (χ1n) is 7.63. The Balaban J connectivity index is 1.97. The smallest absolute Gasteiger partial charge is 0.220 e. The number of carbonyl (C=O) groups excluding carboxylic acids is 1. The van der Waals surface area contributed by atoms with Crippen LogP contribution in [0.25, 0.3) is 4.96 Å². The number of rotatable bonds is 4. The van der Waals surface area contributed by atoms with Crippen LogP contribution in [0.3, 0.4) is 0 Å². The van der Waals surface area contributed by atoms with Crippen LogP contribution in [-0.2, 0) is 11.2 Å². The van der Waals surface area contributed by atoms with Gasteiger partial charge in [0.15, 0.2) is 4.96 Å². The van der Waals surface area contributed by atoms with Gasteiger partial charge in [0.1, 0.15) is 0 Å². The van der Waals surface area contributed by atoms with E-state index in [0.717, 1.165) is 29.9 Å². The summed E-state index contributed by atoms with van der Waals surface area (Å²) in [6.07, 6.45) is 5.64. The van der Waals surface area contributed by atoms with E-state index in [1.165, 1.54) is 10.6 Å². The number of imidazole rings is 1. The summed E-state index contributed by atoms with van der Waals surface area (Å²) >= 11 is 1.72. The van der Waals surface area contributed by atoms with Crippen molar-refractivity contribution in [3.05, 3.63) is 22.5 Å². The second-order valence-electron chi connectivity index (χ2n) is 6.74. The van der Waals surface area contributed by atoms with Gasteiger partial charge in [-0.1, -0.05) is 13.8 Å². The highest BCUT2D eigenvalue weighted by molar-refractivity contribution is 7.17. The molecule has 1 atom stereocenters. The Morgan fingerprint density at radius 1 is 1.48 bits per heavy atom. The third kappa shape index (κ3) is 2.71. The first-order chi connectivity index (χ1) is 9.88. The topological polar surface area (TPSA) is 46.4 Å². The van der Waals surface area contributed by atoms with Gasteiger partial charge in [-0.05, 0) is 32.6 Å². The van der Waals surface area contributed by atoms with E-state index in [2.05, 4.69) is 48.6 Å². The Kier molecular flexibility index (Phi) is 3.56. The number of thiazole rings is 1. The molecule has 1 fully saturated rings. The molecule has 1 N–H and O–H groups in total. The number of nitrogens with zero attached hydrogens (tertiary/aromatic N) is 2. The van der Waals surface area contributed by atoms with Crippen LogP contribution >= 0.6 is 11.3 Å². The Bertz CT molecular complexity index is 685. The van der Waals surface area contributed by atoms with Crippen LogP contribution in [0, 0.1) is 19.8 Å². The maximum atomic E-state index is 11.8. The van der Waals surface area contributed by atoms with Crippen molar-refractivity contribution in [2.75, 3.05) is 0 Å². The van der Waals surface area contributed by atoms with Crippen molar-refractivity contribution in [3.63, 3.8) is 0 Å². The molecule has 0 aliphatic carbocycles. The standard InChI is InChI=1S/C16H23N3OS/c1-10(2)7-16(6-5-14(20)18-16)8-13-12(4)17-15-19(13)9-11(3)21-15/h9-10H,5-8H2,1-4H3,(H,18,20). The van der Waals surface area contributed by atoms with Gasteiger partial charge in [-0.3, -0.25) is 9.20 Å². The number of aryl methyl sites for hydroxylation is 2. The van der Waals surface area contributed by atoms with Crippen molar-refractivity contribution in [1.29, 1.82) is 0 Å². The highest BCUT2D eigenvalue weighted by Gasteiger charge is 2.39. The molecule has 1 amide bonds. The van der Waals surface area contributed by atoms with Crippen LogP contribution in [-0.4, -0.2) is 20.8 Å². The van der Waals surface area contributed by atoms with Gasteiger partial charge in [-0.2, -0.15) is 0 Å². The molecular weight excluding hydrogens is 282 g/mol. The number of hydrogen-bond donors (Lipinski definition) is 1. The average molecular weight is 305 g/mol. The van der Waals surface area contributed by atoms with Crippen molar-refractivity contribution in [3.8, 4) is 0 Å². The van der Waals surface area contributed by atoms with Gasteiger partial charge in [0.05, 0.1) is 5.69 Å². The van der Waals surface area contributed by atoms with Gasteiger partial charge < -0.3 is 5.32 Å². The summed E-state index contributed by atoms with van der Waals surface area (Å²) < 4.78 is 2.21. The fraction of sp³-hybridized carbons (Fsp3) is 0.625. The fourth-order valence-electron chi connectivity index (χ4n) is 3.56. The van der Waals surface area contributed by atoms with E-state index >= 15 is 0 Å². The van der Waals surface area contributed by atoms with E-state index in [9.17, 15) is 4.79 Å². The van der Waals surface area contributed by atoms with Gasteiger partial charge in [-0.25, -0.2) is 4.98 Å². The van der Waals surface area contributed by atoms with Crippen molar-refractivity contribution in [1.82, 2.24) is 14.7 Å². The second kappa shape index (κ2) is 5.13. The predicted molar refractivity (Wildman–Crippen MR) is 85.8 cm³/mol. The second-order valence-corrected chi connectivity index (χ2v) is 7.95. The van der Waals surface area contributed by atoms with E-state index in [-0.39, 0.29) is 11.4 Å². The summed E-state index contributed by atoms with van der Waals surface area (Å²) in [5.41, 5.74) is 2.24. The number of carbonyl (C=O) groups is 1. The van der Waals surface area contributed by atoms with Crippen LogP contribution in [0.2, 0.25) is 0 Å². The molecule has 114 valence electrons. The molecule has 5 heteroatoms. The Morgan fingerprint density at radius 2 is 2.24 bits per heavy atom. The SMILES string of the molecule is Cc1cn2c(CC3(CC(C)C)CCC(=O)N3)c(C)nc2s1. The molecule has 0 radical (unpaired) electrons. The normalized spacial score (nSPS) is 22.4. The first-order valence-corrected chi connectivity index (χ1v) is 8.45. The molecule has 3 rings (SSSR count). The molecule has 2 aromatic rings. The van der Waals surface area contributed by atoms with Crippen LogP contribution < -0.4 is 5.32 Å². The molecule has 0 aromatic carbocycles. The number of nitrogens with one attached hydrogen (secondary N) is 1. The third-order valence-electron chi connectivity index (χ3n) is 4.28. The number of fused-ring (bicyclic) bond motifs is 1. The maximum absolute atomic E-state index is 11.8. The average Bonchev–Trinajstić information content (AvgIpc) is 2.96. The van der Waals surface area contributed by atoms with E-state index in [4.69, 9.17) is 0 Å². The van der Waals surface area contributed by atoms with Gasteiger partial charge in [0.25, 0.3) is 0 Å². The molecule has 1 unspecified atom stereocenters. The van der Waals surface area contributed by atoms with Crippen molar-refractivity contribution in [2.24, 2.45) is 5.92 Å². The van der Waals surface area contributed by atoms with Crippen LogP contribution in [0.15, 0.2) is 6.20 Å². The minimum Gasteiger partial charge on any atom is -0.350 e. The molecular formula is C16H23N3OS. The van der Waals surface area contributed by atoms with E-state index in [1.807, 2.05) is 0 Å². The highest BCUT2D eigenvalue weighted by atomic mass is 32.1. The van der Waals surface area contributed by atoms with Crippen LogP contribution in [0.5, 0.6) is 0 Å². The molecule has 21 heavy (non-hydrogen) atoms. The van der Waals surface area contributed by atoms with Crippen LogP contribution in [0.4, 0.5) is 0 Å². The molecule has 0 saturated carbocycles. The monoisotopic (exact) mass is 305 g/mol. The zero-order chi connectivity index (χ0) is 15.2. The van der Waals surface area contributed by atoms with E-state index < -0.39 is 0 Å². The molecule has 4 nitrogen and oxygen atoms in total. The van der Waals surface area contributed by atoms with Gasteiger partial charge in [-0.15, -0.1) is 11.3 Å². The number of hydrogen-bond acceptors (Lipinski definition) is 3. The summed E-state index contributed by atoms with van der Waals surface area (Å²) in [4.78, 5) is 18.8. The minimum absolute atomic E-state index is 0.0954. The summed E-state index contributed by atoms with van der Waals surface area (Å²) in [6.45, 7) is 8.63. The zero-order valence-corrected chi connectivity index (χ0v) is 14.0. The lowest BCUT2D eigenvalue weighted by molar-refractivity contribution is -0.119. The number of aromatic nitrogens is 2. The quantitative estimate of drug-likeness (QED) is 0.942. The summed E-state index contributed by atoms with van der Waals surface area (Å²) in [5.74, 6) is 0.756. The summed E-state index contributed by atoms with van der Waals surface area (Å²) in [6, 6.07) is 0. The Hall–Kier alpha value is -1.36. The first kappa shape index (κ1) is 14.6. The largest absolute Gasteiger partial charge is 0.350 e. The highest BCUT2D eigenvalue weighted by Crippen LogP contribution is 2.33. The van der Waals surface area contributed by atoms with Gasteiger partial charge in [0, 0.05) is 35.1 Å². The minimum atomic E-state index is -0.0954. The molecule has 1 aliphatic heterocycles. The zero-order valence-electron chi connectivity index (χ0n) is 13.2. The molecule has 0 spiro atoms. The van der Waals surface area contributed by atoms with Gasteiger partial charge in [0.2, 0.25) is 5.91 Å². The van der Waals surface area contributed by atoms with Crippen molar-refractivity contribution in [2.45, 2.75) is 58.9 Å². The summed E-state index contributed by atoms with van der Waals surface area (Å²) in [5, 5.41) is 3.26. The number of amides is 1. The van der Waals surface area contributed by atoms with Crippen LogP contribution in [0.1, 0.15) is 49.4 Å². The molecule has 0 bridgehead atoms. The Morgan fingerprint density at radius 3 is 2.86 bits per heavy atom. The lowest BCUT2D eigenvalue weighted by Crippen LogP contribution is -2.45. The molecule has 1 saturated heterocycles. The van der Waals surface area contributed by atoms with E-state index in [1.54, 1.807) is 11.3 Å². The molecule has 3 heterocycles. The lowest BCUT2D eigenvalue weighted by atomic mass is 9.83. The van der Waals surface area contributed by atoms with Gasteiger partial charge >= 0.3 is 0 Å². The maximum Gasteiger partial charge on any atom is 0.220 e. The van der Waals surface area contributed by atoms with E-state index in [0.29, 0.717) is 12.3 Å². The Labute approximate surface area is 129 Å². The van der Waals surface area contributed by atoms with Crippen molar-refractivity contribution >= 4 is 22.2 Å². The van der Waals surface area contributed by atoms with Crippen molar-refractivity contribution < 1.29 is 4.79 Å². The summed E-state index contributed by atoms with van der Waals surface area (Å²) in [7, 11) is 0. The fourth-order valence-corrected chi connectivity index (χ4v) is 4.45. The third-order valence-corrected chi connectivity index (χ3v) is 5.18. The lowest BCUT2D eigenvalue weighted by Gasteiger charge is -2.31.